The number of likely N-dealkylation sites (tertiary alicyclic amines) is 1. The van der Waals surface area contributed by atoms with Crippen LogP contribution in [0.15, 0.2) is 12.4 Å². The third-order valence-electron chi connectivity index (χ3n) is 3.52. The van der Waals surface area contributed by atoms with E-state index in [-0.39, 0.29) is 0 Å². The van der Waals surface area contributed by atoms with E-state index in [2.05, 4.69) is 26.0 Å². The molecule has 0 aromatic carbocycles. The molecule has 4 heteroatoms. The number of hydrogen-bond acceptors (Lipinski definition) is 3. The molecule has 16 heavy (non-hydrogen) atoms. The lowest BCUT2D eigenvalue weighted by molar-refractivity contribution is 0.352. The summed E-state index contributed by atoms with van der Waals surface area (Å²) in [7, 11) is 0. The second kappa shape index (κ2) is 4.45. The van der Waals surface area contributed by atoms with Crippen molar-refractivity contribution < 1.29 is 0 Å². The third-order valence-corrected chi connectivity index (χ3v) is 3.52. The highest BCUT2D eigenvalue weighted by Crippen LogP contribution is 2.36. The molecule has 2 aliphatic rings. The van der Waals surface area contributed by atoms with E-state index in [1.807, 2.05) is 6.20 Å². The van der Waals surface area contributed by atoms with Crippen LogP contribution in [0.5, 0.6) is 0 Å². The molecule has 1 aromatic rings. The Labute approximate surface area is 96.7 Å². The molecule has 0 amide bonds. The fourth-order valence-electron chi connectivity index (χ4n) is 2.43. The summed E-state index contributed by atoms with van der Waals surface area (Å²) >= 11 is 0. The van der Waals surface area contributed by atoms with Crippen LogP contribution in [-0.4, -0.2) is 40.6 Å². The quantitative estimate of drug-likeness (QED) is 0.820. The summed E-state index contributed by atoms with van der Waals surface area (Å²) in [5.74, 6) is 1.06. The summed E-state index contributed by atoms with van der Waals surface area (Å²) < 4.78 is 2.28. The van der Waals surface area contributed by atoms with Crippen molar-refractivity contribution in [2.24, 2.45) is 0 Å². The average Bonchev–Trinajstić information content (AvgIpc) is 2.82. The van der Waals surface area contributed by atoms with Crippen molar-refractivity contribution in [2.45, 2.75) is 31.7 Å². The first-order valence-corrected chi connectivity index (χ1v) is 6.42. The highest BCUT2D eigenvalue weighted by Gasteiger charge is 2.25. The smallest absolute Gasteiger partial charge is 0.203 e. The van der Waals surface area contributed by atoms with Gasteiger partial charge in [-0.3, -0.25) is 0 Å². The molecule has 0 unspecified atom stereocenters. The highest BCUT2D eigenvalue weighted by atomic mass is 15.2. The van der Waals surface area contributed by atoms with Crippen LogP contribution in [-0.2, 0) is 0 Å². The van der Waals surface area contributed by atoms with Crippen molar-refractivity contribution in [3.8, 4) is 0 Å². The van der Waals surface area contributed by atoms with Crippen LogP contribution >= 0.6 is 0 Å². The predicted molar refractivity (Wildman–Crippen MR) is 64.7 cm³/mol. The van der Waals surface area contributed by atoms with Gasteiger partial charge in [0.25, 0.3) is 0 Å². The average molecular weight is 220 g/mol. The Kier molecular flexibility index (Phi) is 2.82. The van der Waals surface area contributed by atoms with Crippen LogP contribution in [0, 0.1) is 0 Å². The Balaban J connectivity index is 1.48. The van der Waals surface area contributed by atoms with Gasteiger partial charge in [-0.25, -0.2) is 4.98 Å². The van der Waals surface area contributed by atoms with Gasteiger partial charge in [-0.2, -0.15) is 0 Å². The highest BCUT2D eigenvalue weighted by molar-refractivity contribution is 5.27. The first kappa shape index (κ1) is 10.1. The van der Waals surface area contributed by atoms with E-state index in [0.717, 1.165) is 25.1 Å². The SMILES string of the molecule is c1cn(C2CC2)c(NCCN2CCCC2)n1. The summed E-state index contributed by atoms with van der Waals surface area (Å²) in [5.41, 5.74) is 0. The lowest BCUT2D eigenvalue weighted by Gasteiger charge is -2.15. The van der Waals surface area contributed by atoms with Gasteiger partial charge in [0.2, 0.25) is 5.95 Å². The van der Waals surface area contributed by atoms with E-state index in [4.69, 9.17) is 0 Å². The predicted octanol–water partition coefficient (Wildman–Crippen LogP) is 1.73. The van der Waals surface area contributed by atoms with Crippen molar-refractivity contribution in [3.05, 3.63) is 12.4 Å². The summed E-state index contributed by atoms with van der Waals surface area (Å²) in [6.07, 6.45) is 9.37. The van der Waals surface area contributed by atoms with E-state index in [0.29, 0.717) is 0 Å². The maximum absolute atomic E-state index is 4.37. The molecule has 1 saturated heterocycles. The van der Waals surface area contributed by atoms with Crippen molar-refractivity contribution in [1.82, 2.24) is 14.5 Å². The summed E-state index contributed by atoms with van der Waals surface area (Å²) in [5, 5.41) is 3.45. The van der Waals surface area contributed by atoms with Gasteiger partial charge in [-0.1, -0.05) is 0 Å². The van der Waals surface area contributed by atoms with Crippen molar-refractivity contribution in [3.63, 3.8) is 0 Å². The summed E-state index contributed by atoms with van der Waals surface area (Å²) in [6.45, 7) is 4.72. The zero-order chi connectivity index (χ0) is 10.8. The molecule has 1 aliphatic heterocycles. The molecule has 2 heterocycles. The normalized spacial score (nSPS) is 21.5. The third kappa shape index (κ3) is 2.21. The Morgan fingerprint density at radius 1 is 1.31 bits per heavy atom. The Bertz CT molecular complexity index is 337. The van der Waals surface area contributed by atoms with Gasteiger partial charge < -0.3 is 14.8 Å². The van der Waals surface area contributed by atoms with Gasteiger partial charge >= 0.3 is 0 Å². The lowest BCUT2D eigenvalue weighted by atomic mass is 10.4. The largest absolute Gasteiger partial charge is 0.354 e. The van der Waals surface area contributed by atoms with Crippen LogP contribution in [0.25, 0.3) is 0 Å². The number of nitrogens with zero attached hydrogens (tertiary/aromatic N) is 3. The maximum Gasteiger partial charge on any atom is 0.203 e. The minimum Gasteiger partial charge on any atom is -0.354 e. The van der Waals surface area contributed by atoms with Gasteiger partial charge in [0.1, 0.15) is 0 Å². The van der Waals surface area contributed by atoms with Crippen LogP contribution in [0.3, 0.4) is 0 Å². The zero-order valence-electron chi connectivity index (χ0n) is 9.73. The van der Waals surface area contributed by atoms with Gasteiger partial charge in [-0.05, 0) is 38.8 Å². The standard InChI is InChI=1S/C12H20N4/c1-2-8-15(7-1)9-5-13-12-14-6-10-16(12)11-3-4-11/h6,10-11H,1-5,7-9H2,(H,13,14). The first-order valence-electron chi connectivity index (χ1n) is 6.42. The van der Waals surface area contributed by atoms with Crippen molar-refractivity contribution in [2.75, 3.05) is 31.5 Å². The maximum atomic E-state index is 4.37. The van der Waals surface area contributed by atoms with E-state index in [9.17, 15) is 0 Å². The topological polar surface area (TPSA) is 33.1 Å². The molecule has 0 bridgehead atoms. The molecule has 1 N–H and O–H groups in total. The number of rotatable bonds is 5. The van der Waals surface area contributed by atoms with Crippen LogP contribution in [0.4, 0.5) is 5.95 Å². The minimum absolute atomic E-state index is 0.719. The molecule has 88 valence electrons. The van der Waals surface area contributed by atoms with Crippen molar-refractivity contribution >= 4 is 5.95 Å². The second-order valence-corrected chi connectivity index (χ2v) is 4.86. The first-order chi connectivity index (χ1) is 7.93. The molecular formula is C12H20N4. The fraction of sp³-hybridized carbons (Fsp3) is 0.750. The second-order valence-electron chi connectivity index (χ2n) is 4.86. The Morgan fingerprint density at radius 2 is 2.12 bits per heavy atom. The molecular weight excluding hydrogens is 200 g/mol. The van der Waals surface area contributed by atoms with Crippen LogP contribution in [0.2, 0.25) is 0 Å². The van der Waals surface area contributed by atoms with E-state index >= 15 is 0 Å². The van der Waals surface area contributed by atoms with Gasteiger partial charge in [0, 0.05) is 31.5 Å². The van der Waals surface area contributed by atoms with Crippen LogP contribution in [0.1, 0.15) is 31.7 Å². The molecule has 0 spiro atoms. The van der Waals surface area contributed by atoms with Crippen molar-refractivity contribution in [1.29, 1.82) is 0 Å². The summed E-state index contributed by atoms with van der Waals surface area (Å²) in [6, 6.07) is 0.719. The Hall–Kier alpha value is -1.03. The van der Waals surface area contributed by atoms with Crippen LogP contribution < -0.4 is 5.32 Å². The van der Waals surface area contributed by atoms with Gasteiger partial charge in [-0.15, -0.1) is 0 Å². The number of hydrogen-bond donors (Lipinski definition) is 1. The molecule has 1 aromatic heterocycles. The molecule has 1 saturated carbocycles. The number of aromatic nitrogens is 2. The molecule has 3 rings (SSSR count). The summed E-state index contributed by atoms with van der Waals surface area (Å²) in [4.78, 5) is 6.90. The van der Waals surface area contributed by atoms with Gasteiger partial charge in [0.05, 0.1) is 0 Å². The monoisotopic (exact) mass is 220 g/mol. The Morgan fingerprint density at radius 3 is 2.88 bits per heavy atom. The number of nitrogens with one attached hydrogen (secondary N) is 1. The van der Waals surface area contributed by atoms with E-state index in [1.165, 1.54) is 38.8 Å². The molecule has 0 atom stereocenters. The van der Waals surface area contributed by atoms with E-state index < -0.39 is 0 Å². The van der Waals surface area contributed by atoms with Gasteiger partial charge in [0.15, 0.2) is 0 Å². The lowest BCUT2D eigenvalue weighted by Crippen LogP contribution is -2.26. The minimum atomic E-state index is 0.719. The molecule has 4 nitrogen and oxygen atoms in total. The number of imidazole rings is 1. The molecule has 0 radical (unpaired) electrons. The molecule has 1 aliphatic carbocycles. The fourth-order valence-corrected chi connectivity index (χ4v) is 2.43. The number of anilines is 1. The zero-order valence-corrected chi connectivity index (χ0v) is 9.73. The van der Waals surface area contributed by atoms with E-state index in [1.54, 1.807) is 0 Å². The molecule has 2 fully saturated rings.